The molecule has 3 rings (SSSR count). The minimum atomic E-state index is -0.111. The van der Waals surface area contributed by atoms with Gasteiger partial charge in [0.25, 0.3) is 5.56 Å². The van der Waals surface area contributed by atoms with Gasteiger partial charge in [-0.05, 0) is 16.3 Å². The van der Waals surface area contributed by atoms with Gasteiger partial charge in [-0.2, -0.15) is 0 Å². The molecular weight excluding hydrogens is 284 g/mol. The van der Waals surface area contributed by atoms with Crippen LogP contribution in [0.1, 0.15) is 18.3 Å². The first-order chi connectivity index (χ1) is 10.2. The van der Waals surface area contributed by atoms with Gasteiger partial charge in [0.05, 0.1) is 6.54 Å². The van der Waals surface area contributed by atoms with Crippen molar-refractivity contribution < 1.29 is 0 Å². The molecule has 0 aliphatic rings. The van der Waals surface area contributed by atoms with Gasteiger partial charge in [-0.25, -0.2) is 4.98 Å². The summed E-state index contributed by atoms with van der Waals surface area (Å²) < 4.78 is 1.69. The van der Waals surface area contributed by atoms with E-state index in [1.165, 1.54) is 11.5 Å². The average molecular weight is 299 g/mol. The Kier molecular flexibility index (Phi) is 3.76. The Hall–Kier alpha value is -2.13. The van der Waals surface area contributed by atoms with Crippen LogP contribution in [0.2, 0.25) is 5.15 Å². The van der Waals surface area contributed by atoms with Gasteiger partial charge in [0.15, 0.2) is 0 Å². The van der Waals surface area contributed by atoms with E-state index in [9.17, 15) is 4.79 Å². The normalized spacial score (nSPS) is 11.0. The molecule has 4 heteroatoms. The van der Waals surface area contributed by atoms with Crippen LogP contribution in [0.15, 0.2) is 53.3 Å². The fourth-order valence-electron chi connectivity index (χ4n) is 2.56. The van der Waals surface area contributed by atoms with Crippen molar-refractivity contribution in [2.24, 2.45) is 0 Å². The summed E-state index contributed by atoms with van der Waals surface area (Å²) in [6.45, 7) is 2.48. The number of halogens is 1. The highest BCUT2D eigenvalue weighted by molar-refractivity contribution is 6.29. The number of aromatic nitrogens is 2. The van der Waals surface area contributed by atoms with Crippen molar-refractivity contribution in [3.05, 3.63) is 75.4 Å². The first-order valence-corrected chi connectivity index (χ1v) is 7.29. The van der Waals surface area contributed by atoms with Crippen molar-refractivity contribution in [1.29, 1.82) is 0 Å². The maximum absolute atomic E-state index is 12.2. The summed E-state index contributed by atoms with van der Waals surface area (Å²) in [4.78, 5) is 16.5. The predicted molar refractivity (Wildman–Crippen MR) is 85.9 cm³/mol. The third kappa shape index (κ3) is 2.69. The first-order valence-electron chi connectivity index (χ1n) is 6.92. The first kappa shape index (κ1) is 13.8. The highest BCUT2D eigenvalue weighted by Crippen LogP contribution is 2.19. The lowest BCUT2D eigenvalue weighted by atomic mass is 10.0. The lowest BCUT2D eigenvalue weighted by molar-refractivity contribution is 0.677. The molecule has 2 aromatic carbocycles. The molecule has 0 aliphatic heterocycles. The highest BCUT2D eigenvalue weighted by atomic mass is 35.5. The quantitative estimate of drug-likeness (QED) is 0.692. The second kappa shape index (κ2) is 5.70. The highest BCUT2D eigenvalue weighted by Gasteiger charge is 2.08. The molecule has 0 unspecified atom stereocenters. The minimum absolute atomic E-state index is 0.111. The molecule has 0 bridgehead atoms. The molecule has 0 N–H and O–H groups in total. The molecular formula is C17H15ClN2O. The Bertz CT molecular complexity index is 850. The van der Waals surface area contributed by atoms with Gasteiger partial charge in [0, 0.05) is 12.5 Å². The van der Waals surface area contributed by atoms with Crippen molar-refractivity contribution in [2.45, 2.75) is 19.9 Å². The van der Waals surface area contributed by atoms with E-state index in [1.54, 1.807) is 4.57 Å². The van der Waals surface area contributed by atoms with Crippen molar-refractivity contribution in [3.8, 4) is 0 Å². The molecule has 21 heavy (non-hydrogen) atoms. The summed E-state index contributed by atoms with van der Waals surface area (Å²) in [5, 5.41) is 2.58. The third-order valence-corrected chi connectivity index (χ3v) is 3.77. The summed E-state index contributed by atoms with van der Waals surface area (Å²) in [6, 6.07) is 15.7. The zero-order valence-corrected chi connectivity index (χ0v) is 12.5. The van der Waals surface area contributed by atoms with Crippen LogP contribution in [0.3, 0.4) is 0 Å². The number of fused-ring (bicyclic) bond motifs is 1. The zero-order valence-electron chi connectivity index (χ0n) is 11.7. The molecule has 0 fully saturated rings. The third-order valence-electron chi connectivity index (χ3n) is 3.58. The van der Waals surface area contributed by atoms with Crippen molar-refractivity contribution in [3.63, 3.8) is 0 Å². The van der Waals surface area contributed by atoms with Crippen molar-refractivity contribution >= 4 is 22.4 Å². The van der Waals surface area contributed by atoms with E-state index in [0.29, 0.717) is 18.8 Å². The number of hydrogen-bond donors (Lipinski definition) is 0. The zero-order chi connectivity index (χ0) is 14.8. The molecule has 0 amide bonds. The second-order valence-corrected chi connectivity index (χ2v) is 5.30. The van der Waals surface area contributed by atoms with E-state index in [2.05, 4.69) is 23.2 Å². The van der Waals surface area contributed by atoms with E-state index in [-0.39, 0.29) is 10.7 Å². The summed E-state index contributed by atoms with van der Waals surface area (Å²) >= 11 is 5.87. The van der Waals surface area contributed by atoms with Crippen LogP contribution < -0.4 is 5.56 Å². The van der Waals surface area contributed by atoms with Gasteiger partial charge >= 0.3 is 0 Å². The van der Waals surface area contributed by atoms with Gasteiger partial charge in [-0.3, -0.25) is 9.36 Å². The van der Waals surface area contributed by atoms with Gasteiger partial charge in [0.2, 0.25) is 0 Å². The number of aryl methyl sites for hydroxylation is 1. The molecule has 0 aliphatic carbocycles. The van der Waals surface area contributed by atoms with Crippen molar-refractivity contribution in [2.75, 3.05) is 0 Å². The van der Waals surface area contributed by atoms with Crippen LogP contribution in [0.5, 0.6) is 0 Å². The Morgan fingerprint density at radius 3 is 2.71 bits per heavy atom. The minimum Gasteiger partial charge on any atom is -0.292 e. The van der Waals surface area contributed by atoms with Gasteiger partial charge in [0.1, 0.15) is 11.0 Å². The Labute approximate surface area is 127 Å². The van der Waals surface area contributed by atoms with Crippen LogP contribution in [0, 0.1) is 0 Å². The SMILES string of the molecule is CCc1nc(Cl)cc(=O)n1Cc1cccc2ccccc12. The molecule has 0 spiro atoms. The second-order valence-electron chi connectivity index (χ2n) is 4.91. The molecule has 1 heterocycles. The molecule has 0 saturated heterocycles. The molecule has 106 valence electrons. The Balaban J connectivity index is 2.13. The van der Waals surface area contributed by atoms with E-state index >= 15 is 0 Å². The van der Waals surface area contributed by atoms with Crippen LogP contribution in [0.4, 0.5) is 0 Å². The predicted octanol–water partition coefficient (Wildman–Crippen LogP) is 3.66. The molecule has 3 aromatic rings. The Morgan fingerprint density at radius 2 is 1.90 bits per heavy atom. The summed E-state index contributed by atoms with van der Waals surface area (Å²) in [5.74, 6) is 0.709. The fourth-order valence-corrected chi connectivity index (χ4v) is 2.75. The van der Waals surface area contributed by atoms with Crippen LogP contribution >= 0.6 is 11.6 Å². The van der Waals surface area contributed by atoms with Crippen LogP contribution in [0.25, 0.3) is 10.8 Å². The molecule has 0 atom stereocenters. The van der Waals surface area contributed by atoms with Crippen LogP contribution in [-0.2, 0) is 13.0 Å². The number of rotatable bonds is 3. The number of benzene rings is 2. The fraction of sp³-hybridized carbons (Fsp3) is 0.176. The molecule has 3 nitrogen and oxygen atoms in total. The lowest BCUT2D eigenvalue weighted by Crippen LogP contribution is -2.24. The lowest BCUT2D eigenvalue weighted by Gasteiger charge is -2.12. The van der Waals surface area contributed by atoms with E-state index in [0.717, 1.165) is 10.9 Å². The largest absolute Gasteiger partial charge is 0.292 e. The number of nitrogens with zero attached hydrogens (tertiary/aromatic N) is 2. The van der Waals surface area contributed by atoms with E-state index < -0.39 is 0 Å². The maximum Gasteiger partial charge on any atom is 0.255 e. The molecule has 0 saturated carbocycles. The summed E-state index contributed by atoms with van der Waals surface area (Å²) in [7, 11) is 0. The number of hydrogen-bond acceptors (Lipinski definition) is 2. The molecule has 1 aromatic heterocycles. The summed E-state index contributed by atoms with van der Waals surface area (Å²) in [5.41, 5.74) is 0.994. The van der Waals surface area contributed by atoms with Gasteiger partial charge in [-0.1, -0.05) is 61.0 Å². The molecule has 0 radical (unpaired) electrons. The van der Waals surface area contributed by atoms with Crippen molar-refractivity contribution in [1.82, 2.24) is 9.55 Å². The standard InChI is InChI=1S/C17H15ClN2O/c1-2-16-19-15(18)10-17(21)20(16)11-13-8-5-7-12-6-3-4-9-14(12)13/h3-10H,2,11H2,1H3. The van der Waals surface area contributed by atoms with Crippen LogP contribution in [-0.4, -0.2) is 9.55 Å². The Morgan fingerprint density at radius 1 is 1.14 bits per heavy atom. The average Bonchev–Trinajstić information content (AvgIpc) is 2.50. The van der Waals surface area contributed by atoms with Gasteiger partial charge in [-0.15, -0.1) is 0 Å². The summed E-state index contributed by atoms with van der Waals surface area (Å²) in [6.07, 6.45) is 0.667. The smallest absolute Gasteiger partial charge is 0.255 e. The van der Waals surface area contributed by atoms with Gasteiger partial charge < -0.3 is 0 Å². The maximum atomic E-state index is 12.2. The monoisotopic (exact) mass is 298 g/mol. The topological polar surface area (TPSA) is 34.9 Å². The van der Waals surface area contributed by atoms with E-state index in [1.807, 2.05) is 31.2 Å². The van der Waals surface area contributed by atoms with E-state index in [4.69, 9.17) is 11.6 Å².